The second-order valence-corrected chi connectivity index (χ2v) is 6.07. The molecule has 0 atom stereocenters. The molecule has 0 heterocycles. The van der Waals surface area contributed by atoms with Gasteiger partial charge in [0, 0.05) is 22.1 Å². The van der Waals surface area contributed by atoms with Gasteiger partial charge in [-0.2, -0.15) is 0 Å². The summed E-state index contributed by atoms with van der Waals surface area (Å²) in [5.41, 5.74) is 2.43. The molecule has 22 heavy (non-hydrogen) atoms. The molecule has 0 spiro atoms. The van der Waals surface area contributed by atoms with Crippen molar-refractivity contribution in [1.82, 2.24) is 5.32 Å². The number of rotatable bonds is 5. The van der Waals surface area contributed by atoms with Crippen molar-refractivity contribution in [2.75, 3.05) is 11.9 Å². The topological polar surface area (TPSA) is 58.2 Å². The van der Waals surface area contributed by atoms with Gasteiger partial charge in [0.25, 0.3) is 5.91 Å². The molecule has 0 aliphatic rings. The molecule has 2 aromatic rings. The lowest BCUT2D eigenvalue weighted by atomic mass is 10.1. The Balaban J connectivity index is 1.80. The summed E-state index contributed by atoms with van der Waals surface area (Å²) >= 11 is 2.17. The molecular weight excluding hydrogens is 391 g/mol. The fraction of sp³-hybridized carbons (Fsp3) is 0.176. The molecule has 114 valence electrons. The van der Waals surface area contributed by atoms with Gasteiger partial charge in [0.15, 0.2) is 0 Å². The summed E-state index contributed by atoms with van der Waals surface area (Å²) in [5.74, 6) is -0.278. The van der Waals surface area contributed by atoms with E-state index in [2.05, 4.69) is 33.2 Å². The molecule has 0 fully saturated rings. The van der Waals surface area contributed by atoms with E-state index in [-0.39, 0.29) is 18.2 Å². The Kier molecular flexibility index (Phi) is 5.94. The van der Waals surface area contributed by atoms with Crippen LogP contribution in [0, 0.1) is 10.5 Å². The maximum Gasteiger partial charge on any atom is 0.251 e. The minimum Gasteiger partial charge on any atom is -0.352 e. The number of benzene rings is 2. The first-order valence-corrected chi connectivity index (χ1v) is 8.03. The van der Waals surface area contributed by atoms with Crippen LogP contribution in [0.2, 0.25) is 0 Å². The van der Waals surface area contributed by atoms with Gasteiger partial charge in [-0.15, -0.1) is 0 Å². The van der Waals surface area contributed by atoms with Crippen LogP contribution in [0.1, 0.15) is 22.3 Å². The zero-order valence-corrected chi connectivity index (χ0v) is 14.4. The lowest BCUT2D eigenvalue weighted by molar-refractivity contribution is -0.116. The predicted molar refractivity (Wildman–Crippen MR) is 95.9 cm³/mol. The minimum absolute atomic E-state index is 0.117. The normalized spacial score (nSPS) is 10.1. The van der Waals surface area contributed by atoms with Crippen LogP contribution in [0.5, 0.6) is 0 Å². The van der Waals surface area contributed by atoms with Crippen molar-refractivity contribution in [2.24, 2.45) is 0 Å². The molecule has 2 N–H and O–H groups in total. The van der Waals surface area contributed by atoms with E-state index >= 15 is 0 Å². The molecule has 2 amide bonds. The molecule has 0 saturated heterocycles. The Morgan fingerprint density at radius 2 is 1.86 bits per heavy atom. The van der Waals surface area contributed by atoms with Crippen molar-refractivity contribution in [3.8, 4) is 0 Å². The maximum absolute atomic E-state index is 11.9. The number of para-hydroxylation sites is 1. The summed E-state index contributed by atoms with van der Waals surface area (Å²) in [6.07, 6.45) is 0.239. The van der Waals surface area contributed by atoms with Crippen molar-refractivity contribution in [1.29, 1.82) is 0 Å². The Bertz CT molecular complexity index is 686. The highest BCUT2D eigenvalue weighted by molar-refractivity contribution is 14.1. The summed E-state index contributed by atoms with van der Waals surface area (Å²) in [4.78, 5) is 23.8. The first-order chi connectivity index (χ1) is 10.6. The van der Waals surface area contributed by atoms with Crippen LogP contribution < -0.4 is 10.6 Å². The van der Waals surface area contributed by atoms with Gasteiger partial charge < -0.3 is 10.6 Å². The van der Waals surface area contributed by atoms with Crippen molar-refractivity contribution in [3.05, 3.63) is 63.2 Å². The van der Waals surface area contributed by atoms with E-state index in [0.717, 1.165) is 14.8 Å². The van der Waals surface area contributed by atoms with E-state index < -0.39 is 0 Å². The van der Waals surface area contributed by atoms with Gasteiger partial charge >= 0.3 is 0 Å². The van der Waals surface area contributed by atoms with Crippen molar-refractivity contribution < 1.29 is 9.59 Å². The van der Waals surface area contributed by atoms with Gasteiger partial charge in [0.05, 0.1) is 5.69 Å². The van der Waals surface area contributed by atoms with Gasteiger partial charge in [0.1, 0.15) is 0 Å². The SMILES string of the molecule is Cc1cccc(C(=O)NCCC(=O)Nc2ccccc2I)c1. The Hall–Kier alpha value is -1.89. The third-order valence-electron chi connectivity index (χ3n) is 3.07. The molecular formula is C17H17IN2O2. The molecule has 0 bridgehead atoms. The van der Waals surface area contributed by atoms with E-state index in [0.29, 0.717) is 12.1 Å². The van der Waals surface area contributed by atoms with E-state index in [1.54, 1.807) is 6.07 Å². The molecule has 5 heteroatoms. The Morgan fingerprint density at radius 3 is 2.59 bits per heavy atom. The minimum atomic E-state index is -0.161. The molecule has 0 unspecified atom stereocenters. The van der Waals surface area contributed by atoms with Gasteiger partial charge in [-0.25, -0.2) is 0 Å². The first-order valence-electron chi connectivity index (χ1n) is 6.95. The zero-order chi connectivity index (χ0) is 15.9. The van der Waals surface area contributed by atoms with Crippen LogP contribution in [0.3, 0.4) is 0 Å². The number of hydrogen-bond acceptors (Lipinski definition) is 2. The molecule has 4 nitrogen and oxygen atoms in total. The van der Waals surface area contributed by atoms with Crippen LogP contribution in [0.4, 0.5) is 5.69 Å². The van der Waals surface area contributed by atoms with Crippen LogP contribution in [-0.2, 0) is 4.79 Å². The zero-order valence-electron chi connectivity index (χ0n) is 12.2. The van der Waals surface area contributed by atoms with Crippen LogP contribution in [0.15, 0.2) is 48.5 Å². The fourth-order valence-electron chi connectivity index (χ4n) is 1.95. The first kappa shape index (κ1) is 16.5. The molecule has 2 rings (SSSR count). The van der Waals surface area contributed by atoms with Gasteiger partial charge in [0.2, 0.25) is 5.91 Å². The monoisotopic (exact) mass is 408 g/mol. The number of hydrogen-bond donors (Lipinski definition) is 2. The average Bonchev–Trinajstić information content (AvgIpc) is 2.49. The number of anilines is 1. The van der Waals surface area contributed by atoms with Crippen LogP contribution in [0.25, 0.3) is 0 Å². The number of carbonyl (C=O) groups excluding carboxylic acids is 2. The second kappa shape index (κ2) is 7.93. The number of nitrogens with one attached hydrogen (secondary N) is 2. The smallest absolute Gasteiger partial charge is 0.251 e. The molecule has 0 saturated carbocycles. The number of carbonyl (C=O) groups is 2. The molecule has 0 aliphatic carbocycles. The summed E-state index contributed by atoms with van der Waals surface area (Å²) in [7, 11) is 0. The highest BCUT2D eigenvalue weighted by Gasteiger charge is 2.08. The maximum atomic E-state index is 11.9. The second-order valence-electron chi connectivity index (χ2n) is 4.90. The van der Waals surface area contributed by atoms with Crippen LogP contribution >= 0.6 is 22.6 Å². The molecule has 2 aromatic carbocycles. The van der Waals surface area contributed by atoms with Crippen molar-refractivity contribution >= 4 is 40.1 Å². The van der Waals surface area contributed by atoms with Gasteiger partial charge in [-0.3, -0.25) is 9.59 Å². The average molecular weight is 408 g/mol. The molecule has 0 radical (unpaired) electrons. The quantitative estimate of drug-likeness (QED) is 0.746. The Labute approximate surface area is 143 Å². The highest BCUT2D eigenvalue weighted by atomic mass is 127. The standard InChI is InChI=1S/C17H17IN2O2/c1-12-5-4-6-13(11-12)17(22)19-10-9-16(21)20-15-8-3-2-7-14(15)18/h2-8,11H,9-10H2,1H3,(H,19,22)(H,20,21). The van der Waals surface area contributed by atoms with Crippen molar-refractivity contribution in [3.63, 3.8) is 0 Å². The third kappa shape index (κ3) is 4.84. The van der Waals surface area contributed by atoms with Gasteiger partial charge in [-0.1, -0.05) is 29.8 Å². The summed E-state index contributed by atoms with van der Waals surface area (Å²) in [5, 5.41) is 5.59. The molecule has 0 aromatic heterocycles. The fourth-order valence-corrected chi connectivity index (χ4v) is 2.48. The van der Waals surface area contributed by atoms with Crippen molar-refractivity contribution in [2.45, 2.75) is 13.3 Å². The number of halogens is 1. The van der Waals surface area contributed by atoms with Gasteiger partial charge in [-0.05, 0) is 53.8 Å². The third-order valence-corrected chi connectivity index (χ3v) is 4.01. The number of aryl methyl sites for hydroxylation is 1. The summed E-state index contributed by atoms with van der Waals surface area (Å²) in [6, 6.07) is 14.9. The van der Waals surface area contributed by atoms with E-state index in [1.165, 1.54) is 0 Å². The summed E-state index contributed by atoms with van der Waals surface area (Å²) < 4.78 is 0.984. The predicted octanol–water partition coefficient (Wildman–Crippen LogP) is 3.36. The summed E-state index contributed by atoms with van der Waals surface area (Å²) in [6.45, 7) is 2.24. The lowest BCUT2D eigenvalue weighted by Crippen LogP contribution is -2.27. The molecule has 0 aliphatic heterocycles. The lowest BCUT2D eigenvalue weighted by Gasteiger charge is -2.08. The van der Waals surface area contributed by atoms with E-state index in [1.807, 2.05) is 49.4 Å². The van der Waals surface area contributed by atoms with Crippen LogP contribution in [-0.4, -0.2) is 18.4 Å². The largest absolute Gasteiger partial charge is 0.352 e. The number of amides is 2. The Morgan fingerprint density at radius 1 is 1.09 bits per heavy atom. The van der Waals surface area contributed by atoms with E-state index in [4.69, 9.17) is 0 Å². The highest BCUT2D eigenvalue weighted by Crippen LogP contribution is 2.16. The van der Waals surface area contributed by atoms with E-state index in [9.17, 15) is 9.59 Å².